The lowest BCUT2D eigenvalue weighted by Gasteiger charge is -2.22. The maximum absolute atomic E-state index is 13.3. The molecule has 1 amide bonds. The Morgan fingerprint density at radius 3 is 2.96 bits per heavy atom. The van der Waals surface area contributed by atoms with Gasteiger partial charge in [0.05, 0.1) is 17.7 Å². The number of nitrogens with zero attached hydrogens (tertiary/aromatic N) is 2. The number of hydrogen-bond donors (Lipinski definition) is 2. The number of benzene rings is 1. The van der Waals surface area contributed by atoms with Gasteiger partial charge in [-0.3, -0.25) is 9.89 Å². The largest absolute Gasteiger partial charge is 0.392 e. The number of H-pyrrole nitrogens is 1. The van der Waals surface area contributed by atoms with E-state index in [1.165, 1.54) is 12.1 Å². The highest BCUT2D eigenvalue weighted by molar-refractivity contribution is 5.79. The SMILES string of the molecule is CN(CCCc1cc(-c2cccc(F)c2)n[nH]1)C(=O)C1CCCC1O. The van der Waals surface area contributed by atoms with E-state index in [0.717, 1.165) is 43.4 Å². The average Bonchev–Trinajstić information content (AvgIpc) is 3.23. The van der Waals surface area contributed by atoms with E-state index in [4.69, 9.17) is 0 Å². The van der Waals surface area contributed by atoms with Crippen LogP contribution in [0.3, 0.4) is 0 Å². The zero-order valence-electron chi connectivity index (χ0n) is 14.4. The van der Waals surface area contributed by atoms with Gasteiger partial charge in [0.1, 0.15) is 5.82 Å². The van der Waals surface area contributed by atoms with Crippen LogP contribution in [0.5, 0.6) is 0 Å². The van der Waals surface area contributed by atoms with Crippen molar-refractivity contribution >= 4 is 5.91 Å². The first-order valence-electron chi connectivity index (χ1n) is 8.78. The maximum atomic E-state index is 13.3. The van der Waals surface area contributed by atoms with Crippen LogP contribution in [0.15, 0.2) is 30.3 Å². The van der Waals surface area contributed by atoms with Gasteiger partial charge in [0, 0.05) is 24.8 Å². The van der Waals surface area contributed by atoms with Gasteiger partial charge in [-0.05, 0) is 50.3 Å². The van der Waals surface area contributed by atoms with Gasteiger partial charge >= 0.3 is 0 Å². The van der Waals surface area contributed by atoms with Gasteiger partial charge in [-0.1, -0.05) is 12.1 Å². The van der Waals surface area contributed by atoms with Crippen LogP contribution in [0.4, 0.5) is 4.39 Å². The van der Waals surface area contributed by atoms with Crippen LogP contribution in [0.1, 0.15) is 31.4 Å². The van der Waals surface area contributed by atoms with Crippen LogP contribution in [0.25, 0.3) is 11.3 Å². The third kappa shape index (κ3) is 4.25. The van der Waals surface area contributed by atoms with Gasteiger partial charge in [0.15, 0.2) is 0 Å². The number of halogens is 1. The molecule has 0 radical (unpaired) electrons. The zero-order chi connectivity index (χ0) is 17.8. The van der Waals surface area contributed by atoms with Crippen LogP contribution in [-0.2, 0) is 11.2 Å². The van der Waals surface area contributed by atoms with Crippen LogP contribution in [-0.4, -0.2) is 45.8 Å². The molecule has 2 aromatic rings. The summed E-state index contributed by atoms with van der Waals surface area (Å²) in [5, 5.41) is 17.1. The molecule has 1 fully saturated rings. The number of rotatable bonds is 6. The standard InChI is InChI=1S/C19H24FN3O2/c1-23(19(25)16-8-3-9-18(16)24)10-4-7-15-12-17(22-21-15)13-5-2-6-14(20)11-13/h2,5-6,11-12,16,18,24H,3-4,7-10H2,1H3,(H,21,22). The Hall–Kier alpha value is -2.21. The predicted molar refractivity (Wildman–Crippen MR) is 93.3 cm³/mol. The highest BCUT2D eigenvalue weighted by Crippen LogP contribution is 2.27. The monoisotopic (exact) mass is 345 g/mol. The topological polar surface area (TPSA) is 69.2 Å². The first-order valence-corrected chi connectivity index (χ1v) is 8.78. The quantitative estimate of drug-likeness (QED) is 0.846. The summed E-state index contributed by atoms with van der Waals surface area (Å²) in [6, 6.07) is 8.27. The van der Waals surface area contributed by atoms with Gasteiger partial charge in [0.2, 0.25) is 5.91 Å². The van der Waals surface area contributed by atoms with Crippen molar-refractivity contribution in [2.45, 2.75) is 38.2 Å². The fourth-order valence-electron chi connectivity index (χ4n) is 3.41. The second-order valence-corrected chi connectivity index (χ2v) is 6.76. The van der Waals surface area contributed by atoms with E-state index < -0.39 is 6.10 Å². The minimum Gasteiger partial charge on any atom is -0.392 e. The van der Waals surface area contributed by atoms with E-state index in [-0.39, 0.29) is 17.6 Å². The highest BCUT2D eigenvalue weighted by atomic mass is 19.1. The number of amides is 1. The van der Waals surface area contributed by atoms with Crippen molar-refractivity contribution < 1.29 is 14.3 Å². The number of aromatic amines is 1. The zero-order valence-corrected chi connectivity index (χ0v) is 14.4. The summed E-state index contributed by atoms with van der Waals surface area (Å²) in [6.45, 7) is 0.635. The molecule has 5 nitrogen and oxygen atoms in total. The first kappa shape index (κ1) is 17.6. The van der Waals surface area contributed by atoms with Crippen LogP contribution >= 0.6 is 0 Å². The molecule has 1 aromatic carbocycles. The van der Waals surface area contributed by atoms with Crippen molar-refractivity contribution in [2.75, 3.05) is 13.6 Å². The van der Waals surface area contributed by atoms with Crippen molar-refractivity contribution in [2.24, 2.45) is 5.92 Å². The van der Waals surface area contributed by atoms with E-state index in [1.54, 1.807) is 18.0 Å². The molecule has 1 aromatic heterocycles. The molecule has 25 heavy (non-hydrogen) atoms. The number of aliphatic hydroxyl groups is 1. The molecule has 3 rings (SSSR count). The molecule has 2 atom stereocenters. The average molecular weight is 345 g/mol. The van der Waals surface area contributed by atoms with Crippen LogP contribution in [0.2, 0.25) is 0 Å². The molecule has 0 bridgehead atoms. The molecule has 2 unspecified atom stereocenters. The highest BCUT2D eigenvalue weighted by Gasteiger charge is 2.33. The summed E-state index contributed by atoms with van der Waals surface area (Å²) in [6.07, 6.45) is 3.49. The maximum Gasteiger partial charge on any atom is 0.228 e. The number of carbonyl (C=O) groups excluding carboxylic acids is 1. The van der Waals surface area contributed by atoms with E-state index in [1.807, 2.05) is 12.1 Å². The lowest BCUT2D eigenvalue weighted by Crippen LogP contribution is -2.37. The Morgan fingerprint density at radius 1 is 1.40 bits per heavy atom. The lowest BCUT2D eigenvalue weighted by atomic mass is 10.0. The van der Waals surface area contributed by atoms with Crippen LogP contribution < -0.4 is 0 Å². The van der Waals surface area contributed by atoms with Crippen molar-refractivity contribution in [1.29, 1.82) is 0 Å². The molecule has 0 spiro atoms. The molecular formula is C19H24FN3O2. The molecule has 6 heteroatoms. The number of aliphatic hydroxyl groups excluding tert-OH is 1. The fourth-order valence-corrected chi connectivity index (χ4v) is 3.41. The fraction of sp³-hybridized carbons (Fsp3) is 0.474. The molecule has 0 aliphatic heterocycles. The number of carbonyl (C=O) groups is 1. The van der Waals surface area contributed by atoms with Crippen molar-refractivity contribution in [1.82, 2.24) is 15.1 Å². The predicted octanol–water partition coefficient (Wildman–Crippen LogP) is 2.77. The minimum absolute atomic E-state index is 0.0371. The van der Waals surface area contributed by atoms with Gasteiger partial charge in [-0.25, -0.2) is 4.39 Å². The summed E-state index contributed by atoms with van der Waals surface area (Å²) in [4.78, 5) is 14.0. The second-order valence-electron chi connectivity index (χ2n) is 6.76. The summed E-state index contributed by atoms with van der Waals surface area (Å²) in [7, 11) is 1.79. The van der Waals surface area contributed by atoms with Gasteiger partial charge < -0.3 is 10.0 Å². The summed E-state index contributed by atoms with van der Waals surface area (Å²) < 4.78 is 13.3. The van der Waals surface area contributed by atoms with E-state index in [9.17, 15) is 14.3 Å². The Labute approximate surface area is 146 Å². The molecule has 1 aliphatic rings. The number of nitrogens with one attached hydrogen (secondary N) is 1. The smallest absolute Gasteiger partial charge is 0.228 e. The van der Waals surface area contributed by atoms with Crippen LogP contribution in [0, 0.1) is 11.7 Å². The van der Waals surface area contributed by atoms with Crippen molar-refractivity contribution in [3.05, 3.63) is 41.8 Å². The van der Waals surface area contributed by atoms with Gasteiger partial charge in [-0.15, -0.1) is 0 Å². The Bertz CT molecular complexity index is 731. The molecule has 0 saturated heterocycles. The van der Waals surface area contributed by atoms with E-state index >= 15 is 0 Å². The van der Waals surface area contributed by atoms with Crippen molar-refractivity contribution in [3.63, 3.8) is 0 Å². The third-order valence-electron chi connectivity index (χ3n) is 4.86. The first-order chi connectivity index (χ1) is 12.0. The lowest BCUT2D eigenvalue weighted by molar-refractivity contribution is -0.136. The summed E-state index contributed by atoms with van der Waals surface area (Å²) >= 11 is 0. The Morgan fingerprint density at radius 2 is 2.24 bits per heavy atom. The second kappa shape index (κ2) is 7.78. The molecule has 1 heterocycles. The number of aryl methyl sites for hydroxylation is 1. The molecule has 1 aliphatic carbocycles. The number of aromatic nitrogens is 2. The van der Waals surface area contributed by atoms with E-state index in [2.05, 4.69) is 10.2 Å². The number of hydrogen-bond acceptors (Lipinski definition) is 3. The molecule has 134 valence electrons. The minimum atomic E-state index is -0.489. The van der Waals surface area contributed by atoms with Gasteiger partial charge in [-0.2, -0.15) is 5.10 Å². The molecule has 2 N–H and O–H groups in total. The third-order valence-corrected chi connectivity index (χ3v) is 4.86. The Balaban J connectivity index is 1.50. The summed E-state index contributed by atoms with van der Waals surface area (Å²) in [5.74, 6) is -0.483. The molecule has 1 saturated carbocycles. The Kier molecular flexibility index (Phi) is 5.48. The summed E-state index contributed by atoms with van der Waals surface area (Å²) in [5.41, 5.74) is 2.42. The van der Waals surface area contributed by atoms with E-state index in [0.29, 0.717) is 12.2 Å². The van der Waals surface area contributed by atoms with Crippen molar-refractivity contribution in [3.8, 4) is 11.3 Å². The molecular weight excluding hydrogens is 321 g/mol. The normalized spacial score (nSPS) is 20.0. The van der Waals surface area contributed by atoms with Gasteiger partial charge in [0.25, 0.3) is 0 Å².